The van der Waals surface area contributed by atoms with E-state index in [9.17, 15) is 14.7 Å². The Morgan fingerprint density at radius 2 is 1.74 bits per heavy atom. The summed E-state index contributed by atoms with van der Waals surface area (Å²) >= 11 is 0. The summed E-state index contributed by atoms with van der Waals surface area (Å²) in [5, 5.41) is 16.9. The summed E-state index contributed by atoms with van der Waals surface area (Å²) in [6.07, 6.45) is 0.166. The van der Waals surface area contributed by atoms with Crippen LogP contribution < -0.4 is 5.32 Å². The molecule has 2 bridgehead atoms. The number of aromatic nitrogens is 1. The molecule has 9 heteroatoms. The molecule has 7 nitrogen and oxygen atoms in total. The average Bonchev–Trinajstić information content (AvgIpc) is 3.46. The van der Waals surface area contributed by atoms with Gasteiger partial charge in [0.05, 0.1) is 5.41 Å². The van der Waals surface area contributed by atoms with Crippen LogP contribution in [0.2, 0.25) is 0 Å². The molecule has 174 valence electrons. The van der Waals surface area contributed by atoms with Crippen LogP contribution >= 0.6 is 21.6 Å². The van der Waals surface area contributed by atoms with Crippen LogP contribution in [-0.2, 0) is 15.0 Å². The number of aliphatic hydroxyl groups excluding tert-OH is 1. The zero-order chi connectivity index (χ0) is 23.6. The first-order valence-electron chi connectivity index (χ1n) is 11.4. The number of rotatable bonds is 2. The minimum atomic E-state index is -1.42. The van der Waals surface area contributed by atoms with E-state index in [1.54, 1.807) is 16.8 Å². The van der Waals surface area contributed by atoms with Crippen molar-refractivity contribution in [2.24, 2.45) is 5.92 Å². The molecular formula is C25H24N4O3S2. The number of hydrogen-bond donors (Lipinski definition) is 3. The van der Waals surface area contributed by atoms with Gasteiger partial charge in [-0.25, -0.2) is 0 Å². The van der Waals surface area contributed by atoms with E-state index in [0.29, 0.717) is 0 Å². The zero-order valence-corrected chi connectivity index (χ0v) is 20.5. The molecule has 5 atom stereocenters. The fourth-order valence-corrected chi connectivity index (χ4v) is 10.9. The highest BCUT2D eigenvalue weighted by Gasteiger charge is 2.83. The van der Waals surface area contributed by atoms with Crippen molar-refractivity contribution in [2.45, 2.75) is 41.3 Å². The molecule has 1 spiro atoms. The number of carbonyl (C=O) groups is 2. The number of aliphatic hydroxyl groups is 1. The van der Waals surface area contributed by atoms with Gasteiger partial charge in [0, 0.05) is 29.8 Å². The molecule has 1 aromatic heterocycles. The number of fused-ring (bicyclic) bond motifs is 6. The molecule has 2 amide bonds. The standard InChI is InChI=1S/C25H24N4O3S2/c1-13(2)24-22(32)29-20-23(15-9-5-7-11-18(15)27-20,16-12-26-17-10-6-4-8-14(16)17)19(30)25(29,34-33-24)21(31)28(24)3/h4-13,19-20,26-27,30H,1-3H3/t19-,20?,23+,24+,25?/m0/s1. The normalized spacial score (nSPS) is 35.7. The third-order valence-electron chi connectivity index (χ3n) is 8.26. The third-order valence-corrected chi connectivity index (χ3v) is 12.1. The molecule has 0 aliphatic carbocycles. The Balaban J connectivity index is 1.57. The van der Waals surface area contributed by atoms with Gasteiger partial charge >= 0.3 is 0 Å². The summed E-state index contributed by atoms with van der Waals surface area (Å²) in [7, 11) is 4.46. The molecule has 5 aliphatic rings. The molecule has 2 aromatic carbocycles. The van der Waals surface area contributed by atoms with Crippen molar-refractivity contribution in [1.82, 2.24) is 14.8 Å². The Labute approximate surface area is 204 Å². The van der Waals surface area contributed by atoms with Gasteiger partial charge in [-0.3, -0.25) is 14.5 Å². The molecule has 8 rings (SSSR count). The summed E-state index contributed by atoms with van der Waals surface area (Å²) < 4.78 is 0. The van der Waals surface area contributed by atoms with Gasteiger partial charge < -0.3 is 20.3 Å². The van der Waals surface area contributed by atoms with Gasteiger partial charge in [0.15, 0.2) is 4.87 Å². The molecule has 5 aliphatic heterocycles. The molecule has 34 heavy (non-hydrogen) atoms. The second-order valence-electron chi connectivity index (χ2n) is 9.87. The largest absolute Gasteiger partial charge is 0.388 e. The van der Waals surface area contributed by atoms with Crippen molar-refractivity contribution < 1.29 is 14.7 Å². The van der Waals surface area contributed by atoms with Gasteiger partial charge in [-0.2, -0.15) is 0 Å². The molecule has 3 aromatic rings. The van der Waals surface area contributed by atoms with E-state index in [0.717, 1.165) is 27.7 Å². The van der Waals surface area contributed by atoms with Gasteiger partial charge in [0.1, 0.15) is 12.3 Å². The Kier molecular flexibility index (Phi) is 3.86. The van der Waals surface area contributed by atoms with Crippen LogP contribution in [0.3, 0.4) is 0 Å². The predicted molar refractivity (Wildman–Crippen MR) is 134 cm³/mol. The number of para-hydroxylation sites is 2. The average molecular weight is 493 g/mol. The van der Waals surface area contributed by atoms with Gasteiger partial charge in [-0.1, -0.05) is 61.0 Å². The highest BCUT2D eigenvalue weighted by Crippen LogP contribution is 2.71. The summed E-state index contributed by atoms with van der Waals surface area (Å²) in [5.74, 6) is -0.446. The van der Waals surface area contributed by atoms with Crippen molar-refractivity contribution in [1.29, 1.82) is 0 Å². The van der Waals surface area contributed by atoms with E-state index >= 15 is 0 Å². The lowest BCUT2D eigenvalue weighted by Gasteiger charge is -2.60. The lowest BCUT2D eigenvalue weighted by molar-refractivity contribution is -0.169. The lowest BCUT2D eigenvalue weighted by atomic mass is 9.70. The first-order chi connectivity index (χ1) is 16.3. The number of amides is 2. The van der Waals surface area contributed by atoms with E-state index in [-0.39, 0.29) is 17.7 Å². The Morgan fingerprint density at radius 1 is 1.00 bits per heavy atom. The lowest BCUT2D eigenvalue weighted by Crippen LogP contribution is -2.79. The molecular weight excluding hydrogens is 468 g/mol. The highest BCUT2D eigenvalue weighted by molar-refractivity contribution is 8.78. The number of carbonyl (C=O) groups excluding carboxylic acids is 2. The van der Waals surface area contributed by atoms with Crippen LogP contribution in [0.25, 0.3) is 10.9 Å². The van der Waals surface area contributed by atoms with E-state index in [4.69, 9.17) is 0 Å². The topological polar surface area (TPSA) is 88.7 Å². The summed E-state index contributed by atoms with van der Waals surface area (Å²) in [4.78, 5) is 32.6. The Bertz CT molecular complexity index is 1410. The van der Waals surface area contributed by atoms with Crippen LogP contribution in [0.5, 0.6) is 0 Å². The Hall–Kier alpha value is -2.62. The predicted octanol–water partition coefficient (Wildman–Crippen LogP) is 3.32. The van der Waals surface area contributed by atoms with E-state index < -0.39 is 27.4 Å². The minimum Gasteiger partial charge on any atom is -0.388 e. The maximum absolute atomic E-state index is 14.3. The fourth-order valence-electron chi connectivity index (χ4n) is 6.69. The van der Waals surface area contributed by atoms with Crippen LogP contribution in [0.1, 0.15) is 25.0 Å². The number of benzene rings is 2. The van der Waals surface area contributed by atoms with Crippen molar-refractivity contribution in [3.63, 3.8) is 0 Å². The van der Waals surface area contributed by atoms with E-state index in [1.807, 2.05) is 68.6 Å². The van der Waals surface area contributed by atoms with Crippen molar-refractivity contribution in [3.8, 4) is 0 Å². The number of H-pyrrole nitrogens is 1. The number of nitrogens with zero attached hydrogens (tertiary/aromatic N) is 2. The first-order valence-corrected chi connectivity index (χ1v) is 13.6. The number of anilines is 1. The van der Waals surface area contributed by atoms with Crippen LogP contribution in [0.15, 0.2) is 54.7 Å². The fraction of sp³-hybridized carbons (Fsp3) is 0.360. The van der Waals surface area contributed by atoms with Crippen LogP contribution in [0.4, 0.5) is 5.69 Å². The minimum absolute atomic E-state index is 0.103. The van der Waals surface area contributed by atoms with Gasteiger partial charge in [-0.05, 0) is 40.0 Å². The van der Waals surface area contributed by atoms with Crippen molar-refractivity contribution in [3.05, 3.63) is 65.9 Å². The Morgan fingerprint density at radius 3 is 2.53 bits per heavy atom. The molecule has 0 saturated carbocycles. The van der Waals surface area contributed by atoms with Gasteiger partial charge in [0.25, 0.3) is 11.8 Å². The second-order valence-corrected chi connectivity index (χ2v) is 12.4. The van der Waals surface area contributed by atoms with Crippen LogP contribution in [0, 0.1) is 5.92 Å². The van der Waals surface area contributed by atoms with Crippen LogP contribution in [-0.4, -0.2) is 60.8 Å². The number of hydrogen-bond acceptors (Lipinski definition) is 6. The maximum Gasteiger partial charge on any atom is 0.264 e. The molecule has 0 radical (unpaired) electrons. The number of piperazine rings is 1. The van der Waals surface area contributed by atoms with Crippen molar-refractivity contribution in [2.75, 3.05) is 12.4 Å². The summed E-state index contributed by atoms with van der Waals surface area (Å²) in [6, 6.07) is 15.8. The summed E-state index contributed by atoms with van der Waals surface area (Å²) in [5.41, 5.74) is 2.59. The molecule has 4 saturated heterocycles. The molecule has 2 unspecified atom stereocenters. The molecule has 3 N–H and O–H groups in total. The maximum atomic E-state index is 14.3. The van der Waals surface area contributed by atoms with E-state index in [1.165, 1.54) is 21.6 Å². The molecule has 6 heterocycles. The van der Waals surface area contributed by atoms with Gasteiger partial charge in [0.2, 0.25) is 4.87 Å². The number of nitrogens with one attached hydrogen (secondary N) is 2. The quantitative estimate of drug-likeness (QED) is 0.476. The zero-order valence-electron chi connectivity index (χ0n) is 18.9. The third kappa shape index (κ3) is 1.91. The summed E-state index contributed by atoms with van der Waals surface area (Å²) in [6.45, 7) is 3.95. The first kappa shape index (κ1) is 20.7. The second kappa shape index (κ2) is 6.33. The highest BCUT2D eigenvalue weighted by atomic mass is 33.1. The smallest absolute Gasteiger partial charge is 0.264 e. The van der Waals surface area contributed by atoms with Gasteiger partial charge in [-0.15, -0.1) is 0 Å². The van der Waals surface area contributed by atoms with Crippen molar-refractivity contribution >= 4 is 50.0 Å². The van der Waals surface area contributed by atoms with E-state index in [2.05, 4.69) is 10.3 Å². The SMILES string of the molecule is CC(C)[C@]12SSC3(C(=O)N1C)[C@@H](O)[C@]1(c4c[nH]c5ccccc45)c4ccccc4NC1N3C2=O. The number of aromatic amines is 1. The monoisotopic (exact) mass is 492 g/mol. The molecule has 4 fully saturated rings. The number of likely N-dealkylation sites (N-methyl/N-ethyl adjacent to an activating group) is 1.